The minimum absolute atomic E-state index is 0.00899. The normalized spacial score (nSPS) is 14.4. The number of nitrogens with two attached hydrogens (primary N) is 1. The summed E-state index contributed by atoms with van der Waals surface area (Å²) in [6, 6.07) is 15.0. The molecule has 1 fully saturated rings. The molecule has 0 saturated carbocycles. The second-order valence-electron chi connectivity index (χ2n) is 8.30. The molecule has 1 heterocycles. The summed E-state index contributed by atoms with van der Waals surface area (Å²) in [5.74, 6) is 5.61. The van der Waals surface area contributed by atoms with Crippen LogP contribution in [-0.4, -0.2) is 59.3 Å². The molecule has 0 atom stereocenters. The predicted octanol–water partition coefficient (Wildman–Crippen LogP) is 3.49. The summed E-state index contributed by atoms with van der Waals surface area (Å²) >= 11 is 0. The van der Waals surface area contributed by atoms with Crippen LogP contribution in [0, 0.1) is 11.8 Å². The maximum Gasteiger partial charge on any atom is 0.254 e. The first-order valence-corrected chi connectivity index (χ1v) is 11.4. The Morgan fingerprint density at radius 2 is 1.97 bits per heavy atom. The molecular formula is C28H32N4O2. The van der Waals surface area contributed by atoms with Gasteiger partial charge in [0.1, 0.15) is 6.61 Å². The van der Waals surface area contributed by atoms with Gasteiger partial charge < -0.3 is 15.7 Å². The summed E-state index contributed by atoms with van der Waals surface area (Å²) in [6.45, 7) is 10.4. The number of nitrogen functional groups attached to an aromatic ring is 1. The van der Waals surface area contributed by atoms with Gasteiger partial charge in [-0.25, -0.2) is 0 Å². The fourth-order valence-electron chi connectivity index (χ4n) is 4.09. The van der Waals surface area contributed by atoms with Gasteiger partial charge in [-0.05, 0) is 54.8 Å². The molecule has 0 radical (unpaired) electrons. The zero-order valence-corrected chi connectivity index (χ0v) is 19.5. The topological polar surface area (TPSA) is 82.2 Å². The quantitative estimate of drug-likeness (QED) is 0.362. The summed E-state index contributed by atoms with van der Waals surface area (Å²) in [7, 11) is 0. The van der Waals surface area contributed by atoms with Crippen molar-refractivity contribution in [3.05, 3.63) is 90.2 Å². The van der Waals surface area contributed by atoms with E-state index in [4.69, 9.17) is 10.8 Å². The van der Waals surface area contributed by atoms with Crippen molar-refractivity contribution in [1.82, 2.24) is 9.80 Å². The van der Waals surface area contributed by atoms with E-state index in [2.05, 4.69) is 34.9 Å². The molecule has 3 rings (SSSR count). The molecule has 2 aromatic rings. The van der Waals surface area contributed by atoms with Crippen LogP contribution in [0.1, 0.15) is 34.3 Å². The highest BCUT2D eigenvalue weighted by atomic mass is 16.2. The molecular weight excluding hydrogens is 424 g/mol. The molecule has 1 aliphatic rings. The van der Waals surface area contributed by atoms with Gasteiger partial charge >= 0.3 is 0 Å². The van der Waals surface area contributed by atoms with Gasteiger partial charge in [0.2, 0.25) is 0 Å². The summed E-state index contributed by atoms with van der Waals surface area (Å²) in [5.41, 5.74) is 9.71. The van der Waals surface area contributed by atoms with E-state index >= 15 is 0 Å². The molecule has 3 N–H and O–H groups in total. The smallest absolute Gasteiger partial charge is 0.254 e. The summed E-state index contributed by atoms with van der Waals surface area (Å²) in [5, 5.41) is 8.99. The van der Waals surface area contributed by atoms with Crippen LogP contribution < -0.4 is 5.73 Å². The van der Waals surface area contributed by atoms with Gasteiger partial charge in [0.25, 0.3) is 5.91 Å². The Kier molecular flexibility index (Phi) is 9.21. The Hall–Kier alpha value is -3.66. The lowest BCUT2D eigenvalue weighted by Gasteiger charge is -2.38. The number of hydrogen-bond donors (Lipinski definition) is 2. The fourth-order valence-corrected chi connectivity index (χ4v) is 4.09. The van der Waals surface area contributed by atoms with E-state index in [9.17, 15) is 4.79 Å². The standard InChI is InChI=1S/C28H32N4O2/c1-3-15-30-22(2)20-31-16-13-27(14-17-31)32(28(34)25-9-11-26(29)12-10-25)21-24-7-4-6-23(19-24)8-5-18-33/h3-4,6-7,9-12,15,19,27,33H,1-2,13-14,16-18,20-21,29H2. The summed E-state index contributed by atoms with van der Waals surface area (Å²) in [6.07, 6.45) is 5.02. The maximum atomic E-state index is 13.6. The molecule has 6 heteroatoms. The van der Waals surface area contributed by atoms with E-state index in [-0.39, 0.29) is 18.6 Å². The molecule has 1 aliphatic heterocycles. The van der Waals surface area contributed by atoms with E-state index < -0.39 is 0 Å². The molecule has 6 nitrogen and oxygen atoms in total. The number of rotatable bonds is 8. The van der Waals surface area contributed by atoms with E-state index in [0.29, 0.717) is 24.3 Å². The number of carbonyl (C=O) groups is 1. The number of carbonyl (C=O) groups excluding carboxylic acids is 1. The number of likely N-dealkylation sites (tertiary alicyclic amines) is 1. The number of nitrogens with zero attached hydrogens (tertiary/aromatic N) is 3. The first kappa shape index (κ1) is 25.0. The van der Waals surface area contributed by atoms with Gasteiger partial charge in [-0.3, -0.25) is 14.7 Å². The van der Waals surface area contributed by atoms with E-state index in [1.165, 1.54) is 0 Å². The van der Waals surface area contributed by atoms with Gasteiger partial charge in [0.15, 0.2) is 0 Å². The van der Waals surface area contributed by atoms with Gasteiger partial charge in [0.05, 0.1) is 0 Å². The fraction of sp³-hybridized carbons (Fsp3) is 0.286. The minimum Gasteiger partial charge on any atom is -0.399 e. The molecule has 2 aromatic carbocycles. The van der Waals surface area contributed by atoms with Crippen LogP contribution in [0.25, 0.3) is 0 Å². The monoisotopic (exact) mass is 456 g/mol. The summed E-state index contributed by atoms with van der Waals surface area (Å²) < 4.78 is 0. The van der Waals surface area contributed by atoms with Gasteiger partial charge in [0, 0.05) is 60.9 Å². The number of allylic oxidation sites excluding steroid dienone is 1. The highest BCUT2D eigenvalue weighted by molar-refractivity contribution is 5.94. The SMILES string of the molecule is C=CC=NC(=C)CN1CCC(N(Cc2cccc(C#CCO)c2)C(=O)c2ccc(N)cc2)CC1. The highest BCUT2D eigenvalue weighted by Gasteiger charge is 2.29. The molecule has 1 saturated heterocycles. The number of aliphatic hydroxyl groups is 1. The number of anilines is 1. The van der Waals surface area contributed by atoms with E-state index in [0.717, 1.165) is 42.8 Å². The zero-order chi connectivity index (χ0) is 24.3. The second-order valence-corrected chi connectivity index (χ2v) is 8.30. The molecule has 0 bridgehead atoms. The summed E-state index contributed by atoms with van der Waals surface area (Å²) in [4.78, 5) is 22.1. The van der Waals surface area contributed by atoms with Gasteiger partial charge in [-0.15, -0.1) is 0 Å². The van der Waals surface area contributed by atoms with Gasteiger partial charge in [-0.2, -0.15) is 0 Å². The maximum absolute atomic E-state index is 13.6. The minimum atomic E-state index is -0.185. The Morgan fingerprint density at radius 1 is 1.24 bits per heavy atom. The second kappa shape index (κ2) is 12.5. The average Bonchev–Trinajstić information content (AvgIpc) is 2.85. The Bertz CT molecular complexity index is 1090. The van der Waals surface area contributed by atoms with Crippen LogP contribution in [0.2, 0.25) is 0 Å². The zero-order valence-electron chi connectivity index (χ0n) is 19.5. The number of piperidine rings is 1. The van der Waals surface area contributed by atoms with Crippen LogP contribution in [-0.2, 0) is 6.54 Å². The van der Waals surface area contributed by atoms with Gasteiger partial charge in [-0.1, -0.05) is 43.2 Å². The first-order chi connectivity index (χ1) is 16.5. The van der Waals surface area contributed by atoms with Crippen molar-refractivity contribution in [2.45, 2.75) is 25.4 Å². The lowest BCUT2D eigenvalue weighted by Crippen LogP contribution is -2.47. The molecule has 176 valence electrons. The van der Waals surface area contributed by atoms with Crippen LogP contribution in [0.3, 0.4) is 0 Å². The Morgan fingerprint density at radius 3 is 2.65 bits per heavy atom. The largest absolute Gasteiger partial charge is 0.399 e. The van der Waals surface area contributed by atoms with E-state index in [1.807, 2.05) is 29.2 Å². The average molecular weight is 457 g/mol. The predicted molar refractivity (Wildman–Crippen MR) is 138 cm³/mol. The van der Waals surface area contributed by atoms with Crippen LogP contribution in [0.4, 0.5) is 5.69 Å². The van der Waals surface area contributed by atoms with Crippen molar-refractivity contribution < 1.29 is 9.90 Å². The Labute approximate surface area is 202 Å². The third kappa shape index (κ3) is 7.17. The highest BCUT2D eigenvalue weighted by Crippen LogP contribution is 2.23. The molecule has 0 spiro atoms. The third-order valence-electron chi connectivity index (χ3n) is 5.78. The van der Waals surface area contributed by atoms with Crippen molar-refractivity contribution >= 4 is 17.8 Å². The van der Waals surface area contributed by atoms with Crippen molar-refractivity contribution in [3.8, 4) is 11.8 Å². The van der Waals surface area contributed by atoms with Crippen molar-refractivity contribution in [1.29, 1.82) is 0 Å². The molecule has 34 heavy (non-hydrogen) atoms. The molecule has 0 aliphatic carbocycles. The lowest BCUT2D eigenvalue weighted by molar-refractivity contribution is 0.0557. The number of aliphatic imine (C=N–C) groups is 1. The van der Waals surface area contributed by atoms with Crippen LogP contribution in [0.15, 0.2) is 78.5 Å². The van der Waals surface area contributed by atoms with E-state index in [1.54, 1.807) is 36.6 Å². The van der Waals surface area contributed by atoms with Crippen molar-refractivity contribution in [2.75, 3.05) is 32.0 Å². The number of aliphatic hydroxyl groups excluding tert-OH is 1. The third-order valence-corrected chi connectivity index (χ3v) is 5.78. The number of hydrogen-bond acceptors (Lipinski definition) is 5. The first-order valence-electron chi connectivity index (χ1n) is 11.4. The Balaban J connectivity index is 1.77. The number of amides is 1. The van der Waals surface area contributed by atoms with Crippen LogP contribution in [0.5, 0.6) is 0 Å². The number of benzene rings is 2. The molecule has 0 unspecified atom stereocenters. The molecule has 1 amide bonds. The lowest BCUT2D eigenvalue weighted by atomic mass is 10.00. The van der Waals surface area contributed by atoms with Crippen molar-refractivity contribution in [3.63, 3.8) is 0 Å². The van der Waals surface area contributed by atoms with Crippen molar-refractivity contribution in [2.24, 2.45) is 4.99 Å². The van der Waals surface area contributed by atoms with Crippen LogP contribution >= 0.6 is 0 Å². The molecule has 0 aromatic heterocycles.